The first-order chi connectivity index (χ1) is 3.89. The predicted molar refractivity (Wildman–Crippen MR) is 32.5 cm³/mol. The van der Waals surface area contributed by atoms with Gasteiger partial charge in [-0.2, -0.15) is 0 Å². The second-order valence-corrected chi connectivity index (χ2v) is 2.23. The SMILES string of the molecule is FC1C=CCCCC1. The second kappa shape index (κ2) is 2.85. The fourth-order valence-electron chi connectivity index (χ4n) is 0.942. The van der Waals surface area contributed by atoms with Crippen molar-refractivity contribution in [3.8, 4) is 0 Å². The van der Waals surface area contributed by atoms with Crippen LogP contribution in [-0.2, 0) is 0 Å². The van der Waals surface area contributed by atoms with Gasteiger partial charge in [0.15, 0.2) is 0 Å². The van der Waals surface area contributed by atoms with Gasteiger partial charge in [-0.1, -0.05) is 12.2 Å². The van der Waals surface area contributed by atoms with Crippen LogP contribution in [0.4, 0.5) is 4.39 Å². The molecule has 1 heteroatoms. The van der Waals surface area contributed by atoms with Crippen LogP contribution in [0, 0.1) is 0 Å². The smallest absolute Gasteiger partial charge is 0.118 e. The maximum Gasteiger partial charge on any atom is 0.118 e. The summed E-state index contributed by atoms with van der Waals surface area (Å²) in [6, 6.07) is 0. The Balaban J connectivity index is 2.33. The molecule has 0 fully saturated rings. The minimum absolute atomic E-state index is 0.655. The lowest BCUT2D eigenvalue weighted by Crippen LogP contribution is -1.90. The van der Waals surface area contributed by atoms with Gasteiger partial charge in [0.25, 0.3) is 0 Å². The first-order valence-corrected chi connectivity index (χ1v) is 3.20. The molecule has 0 spiro atoms. The first kappa shape index (κ1) is 5.80. The van der Waals surface area contributed by atoms with Crippen LogP contribution < -0.4 is 0 Å². The molecular weight excluding hydrogens is 103 g/mol. The van der Waals surface area contributed by atoms with Gasteiger partial charge in [0, 0.05) is 0 Å². The zero-order valence-corrected chi connectivity index (χ0v) is 4.94. The summed E-state index contributed by atoms with van der Waals surface area (Å²) < 4.78 is 12.4. The van der Waals surface area contributed by atoms with E-state index in [0.29, 0.717) is 0 Å². The second-order valence-electron chi connectivity index (χ2n) is 2.23. The molecule has 0 aliphatic heterocycles. The van der Waals surface area contributed by atoms with Crippen molar-refractivity contribution < 1.29 is 4.39 Å². The molecule has 1 rings (SSSR count). The normalized spacial score (nSPS) is 29.9. The number of alkyl halides is 1. The first-order valence-electron chi connectivity index (χ1n) is 3.20. The summed E-state index contributed by atoms with van der Waals surface area (Å²) in [5.74, 6) is 0. The molecule has 0 amide bonds. The molecule has 8 heavy (non-hydrogen) atoms. The highest BCUT2D eigenvalue weighted by atomic mass is 19.1. The van der Waals surface area contributed by atoms with Gasteiger partial charge < -0.3 is 0 Å². The van der Waals surface area contributed by atoms with Gasteiger partial charge in [0.1, 0.15) is 6.17 Å². The largest absolute Gasteiger partial charge is 0.243 e. The lowest BCUT2D eigenvalue weighted by molar-refractivity contribution is 0.373. The van der Waals surface area contributed by atoms with Crippen LogP contribution in [0.1, 0.15) is 25.7 Å². The summed E-state index contributed by atoms with van der Waals surface area (Å²) in [4.78, 5) is 0. The maximum absolute atomic E-state index is 12.4. The van der Waals surface area contributed by atoms with Crippen LogP contribution in [-0.4, -0.2) is 6.17 Å². The van der Waals surface area contributed by atoms with E-state index in [1.807, 2.05) is 6.08 Å². The topological polar surface area (TPSA) is 0 Å². The highest BCUT2D eigenvalue weighted by Crippen LogP contribution is 2.12. The van der Waals surface area contributed by atoms with Gasteiger partial charge in [-0.15, -0.1) is 0 Å². The summed E-state index contributed by atoms with van der Waals surface area (Å²) in [6.07, 6.45) is 6.98. The lowest BCUT2D eigenvalue weighted by Gasteiger charge is -1.94. The Kier molecular flexibility index (Phi) is 2.07. The average molecular weight is 114 g/mol. The highest BCUT2D eigenvalue weighted by molar-refractivity contribution is 4.91. The fraction of sp³-hybridized carbons (Fsp3) is 0.714. The van der Waals surface area contributed by atoms with E-state index in [9.17, 15) is 4.39 Å². The monoisotopic (exact) mass is 114 g/mol. The zero-order valence-electron chi connectivity index (χ0n) is 4.94. The van der Waals surface area contributed by atoms with E-state index < -0.39 is 6.17 Å². The van der Waals surface area contributed by atoms with Crippen molar-refractivity contribution in [1.82, 2.24) is 0 Å². The Labute approximate surface area is 49.4 Å². The maximum atomic E-state index is 12.4. The van der Waals surface area contributed by atoms with Crippen molar-refractivity contribution in [3.63, 3.8) is 0 Å². The molecule has 46 valence electrons. The quantitative estimate of drug-likeness (QED) is 0.424. The molecule has 0 saturated carbocycles. The standard InChI is InChI=1S/C7H11F/c8-7-5-3-1-2-4-6-7/h3,5,7H,1-2,4,6H2. The molecule has 0 saturated heterocycles. The Morgan fingerprint density at radius 2 is 2.25 bits per heavy atom. The number of hydrogen-bond acceptors (Lipinski definition) is 0. The molecule has 1 unspecified atom stereocenters. The Bertz CT molecular complexity index is 86.4. The summed E-state index contributed by atoms with van der Waals surface area (Å²) >= 11 is 0. The number of allylic oxidation sites excluding steroid dienone is 2. The van der Waals surface area contributed by atoms with Crippen LogP contribution >= 0.6 is 0 Å². The molecule has 0 aromatic carbocycles. The number of hydrogen-bond donors (Lipinski definition) is 0. The van der Waals surface area contributed by atoms with Crippen LogP contribution in [0.5, 0.6) is 0 Å². The Morgan fingerprint density at radius 3 is 3.12 bits per heavy atom. The minimum atomic E-state index is -0.655. The molecular formula is C7H11F. The summed E-state index contributed by atoms with van der Waals surface area (Å²) in [7, 11) is 0. The van der Waals surface area contributed by atoms with Crippen molar-refractivity contribution >= 4 is 0 Å². The molecule has 0 heterocycles. The molecule has 0 nitrogen and oxygen atoms in total. The molecule has 1 aliphatic rings. The van der Waals surface area contributed by atoms with E-state index in [-0.39, 0.29) is 0 Å². The van der Waals surface area contributed by atoms with Crippen molar-refractivity contribution in [3.05, 3.63) is 12.2 Å². The third-order valence-corrected chi connectivity index (χ3v) is 1.45. The third-order valence-electron chi connectivity index (χ3n) is 1.45. The van der Waals surface area contributed by atoms with E-state index in [2.05, 4.69) is 0 Å². The van der Waals surface area contributed by atoms with E-state index in [1.165, 1.54) is 0 Å². The van der Waals surface area contributed by atoms with Crippen LogP contribution in [0.15, 0.2) is 12.2 Å². The molecule has 0 radical (unpaired) electrons. The zero-order chi connectivity index (χ0) is 5.82. The lowest BCUT2D eigenvalue weighted by atomic mass is 10.2. The van der Waals surface area contributed by atoms with Crippen molar-refractivity contribution in [2.45, 2.75) is 31.9 Å². The number of halogens is 1. The van der Waals surface area contributed by atoms with Crippen LogP contribution in [0.3, 0.4) is 0 Å². The third kappa shape index (κ3) is 1.65. The van der Waals surface area contributed by atoms with Gasteiger partial charge in [-0.3, -0.25) is 0 Å². The van der Waals surface area contributed by atoms with E-state index in [0.717, 1.165) is 25.7 Å². The van der Waals surface area contributed by atoms with Gasteiger partial charge in [0.2, 0.25) is 0 Å². The Hall–Kier alpha value is -0.330. The molecule has 0 bridgehead atoms. The van der Waals surface area contributed by atoms with Crippen molar-refractivity contribution in [2.24, 2.45) is 0 Å². The van der Waals surface area contributed by atoms with Crippen LogP contribution in [0.25, 0.3) is 0 Å². The fourth-order valence-corrected chi connectivity index (χ4v) is 0.942. The van der Waals surface area contributed by atoms with Gasteiger partial charge >= 0.3 is 0 Å². The molecule has 0 aromatic rings. The molecule has 0 N–H and O–H groups in total. The van der Waals surface area contributed by atoms with E-state index in [1.54, 1.807) is 6.08 Å². The highest BCUT2D eigenvalue weighted by Gasteiger charge is 2.02. The Morgan fingerprint density at radius 1 is 1.38 bits per heavy atom. The van der Waals surface area contributed by atoms with Gasteiger partial charge in [0.05, 0.1) is 0 Å². The summed E-state index contributed by atoms with van der Waals surface area (Å²) in [6.45, 7) is 0. The minimum Gasteiger partial charge on any atom is -0.243 e. The summed E-state index contributed by atoms with van der Waals surface area (Å²) in [5.41, 5.74) is 0. The van der Waals surface area contributed by atoms with Crippen molar-refractivity contribution in [1.29, 1.82) is 0 Å². The van der Waals surface area contributed by atoms with E-state index >= 15 is 0 Å². The molecule has 0 aromatic heterocycles. The van der Waals surface area contributed by atoms with Gasteiger partial charge in [-0.05, 0) is 25.7 Å². The molecule has 1 aliphatic carbocycles. The predicted octanol–water partition coefficient (Wildman–Crippen LogP) is 2.45. The summed E-state index contributed by atoms with van der Waals surface area (Å²) in [5, 5.41) is 0. The van der Waals surface area contributed by atoms with Gasteiger partial charge in [-0.25, -0.2) is 4.39 Å². The molecule has 1 atom stereocenters. The average Bonchev–Trinajstić information content (AvgIpc) is 1.94. The van der Waals surface area contributed by atoms with Crippen molar-refractivity contribution in [2.75, 3.05) is 0 Å². The van der Waals surface area contributed by atoms with Crippen LogP contribution in [0.2, 0.25) is 0 Å². The number of rotatable bonds is 0. The van der Waals surface area contributed by atoms with E-state index in [4.69, 9.17) is 0 Å².